The third-order valence-corrected chi connectivity index (χ3v) is 5.52. The van der Waals surface area contributed by atoms with Crippen LogP contribution >= 0.6 is 0 Å². The van der Waals surface area contributed by atoms with E-state index < -0.39 is 29.3 Å². The molecule has 0 atom stereocenters. The number of benzene rings is 2. The number of hydrogen-bond donors (Lipinski definition) is 2. The fraction of sp³-hybridized carbons (Fsp3) is 0.174. The average molecular weight is 472 g/mol. The van der Waals surface area contributed by atoms with Gasteiger partial charge < -0.3 is 15.4 Å². The number of nitrogens with one attached hydrogen (secondary N) is 3. The second-order valence-electron chi connectivity index (χ2n) is 7.71. The number of rotatable bonds is 3. The van der Waals surface area contributed by atoms with Crippen molar-refractivity contribution in [1.82, 2.24) is 14.9 Å². The molecule has 5 rings (SSSR count). The van der Waals surface area contributed by atoms with Gasteiger partial charge in [-0.1, -0.05) is 4.98 Å². The SMILES string of the molecule is O=C(Nc1cc(C(F)(F)F)ccc1F)n1ccc2cc(Oc3[nH+]cnc4c3CCNC4)ccc21. The fourth-order valence-electron chi connectivity index (χ4n) is 3.84. The maximum atomic E-state index is 14.0. The molecule has 0 aliphatic carbocycles. The van der Waals surface area contributed by atoms with Gasteiger partial charge in [0.05, 0.1) is 28.9 Å². The minimum absolute atomic E-state index is 0.474. The topological polar surface area (TPSA) is 82.3 Å². The zero-order valence-corrected chi connectivity index (χ0v) is 17.5. The molecule has 2 aromatic carbocycles. The Morgan fingerprint density at radius 3 is 2.85 bits per heavy atom. The van der Waals surface area contributed by atoms with Gasteiger partial charge in [0.2, 0.25) is 0 Å². The molecule has 34 heavy (non-hydrogen) atoms. The van der Waals surface area contributed by atoms with E-state index in [9.17, 15) is 22.4 Å². The number of aromatic amines is 1. The fourth-order valence-corrected chi connectivity index (χ4v) is 3.84. The van der Waals surface area contributed by atoms with Gasteiger partial charge in [-0.3, -0.25) is 4.57 Å². The van der Waals surface area contributed by atoms with Crippen LogP contribution in [0, 0.1) is 5.82 Å². The monoisotopic (exact) mass is 472 g/mol. The molecule has 4 aromatic rings. The Bertz CT molecular complexity index is 1400. The van der Waals surface area contributed by atoms with Crippen LogP contribution in [0.1, 0.15) is 16.8 Å². The van der Waals surface area contributed by atoms with Crippen molar-refractivity contribution in [2.24, 2.45) is 0 Å². The van der Waals surface area contributed by atoms with E-state index in [0.717, 1.165) is 24.2 Å². The van der Waals surface area contributed by atoms with Gasteiger partial charge in [-0.2, -0.15) is 13.2 Å². The summed E-state index contributed by atoms with van der Waals surface area (Å²) < 4.78 is 60.1. The molecule has 0 bridgehead atoms. The number of hydrogen-bond acceptors (Lipinski definition) is 4. The molecule has 2 aromatic heterocycles. The van der Waals surface area contributed by atoms with Gasteiger partial charge >= 0.3 is 12.2 Å². The standard InChI is InChI=1S/C23H17F4N5O2/c24-17-3-1-14(23(25,26)27)10-18(17)31-22(33)32-8-6-13-9-15(2-4-20(13)32)34-21-16-5-7-28-11-19(16)29-12-30-21/h1-4,6,8-10,12,28H,5,7,11H2,(H,31,33)/p+1. The van der Waals surface area contributed by atoms with E-state index in [0.29, 0.717) is 47.3 Å². The molecule has 0 unspecified atom stereocenters. The van der Waals surface area contributed by atoms with E-state index >= 15 is 0 Å². The number of fused-ring (bicyclic) bond motifs is 2. The van der Waals surface area contributed by atoms with Gasteiger partial charge in [0.15, 0.2) is 5.69 Å². The second kappa shape index (κ2) is 8.41. The third kappa shape index (κ3) is 4.17. The van der Waals surface area contributed by atoms with Crippen LogP contribution < -0.4 is 20.4 Å². The van der Waals surface area contributed by atoms with Gasteiger partial charge in [0.25, 0.3) is 12.2 Å². The highest BCUT2D eigenvalue weighted by Gasteiger charge is 2.31. The molecule has 7 nitrogen and oxygen atoms in total. The molecule has 0 fully saturated rings. The van der Waals surface area contributed by atoms with Crippen molar-refractivity contribution < 1.29 is 32.1 Å². The summed E-state index contributed by atoms with van der Waals surface area (Å²) in [5, 5.41) is 6.11. The molecule has 0 spiro atoms. The normalized spacial score (nSPS) is 13.5. The number of ether oxygens (including phenoxy) is 1. The largest absolute Gasteiger partial charge is 0.423 e. The van der Waals surface area contributed by atoms with Crippen molar-refractivity contribution in [3.05, 3.63) is 77.6 Å². The van der Waals surface area contributed by atoms with Crippen molar-refractivity contribution in [3.63, 3.8) is 0 Å². The van der Waals surface area contributed by atoms with E-state index in [4.69, 9.17) is 4.74 Å². The lowest BCUT2D eigenvalue weighted by Gasteiger charge is -2.14. The number of halogens is 4. The van der Waals surface area contributed by atoms with E-state index in [1.807, 2.05) is 0 Å². The van der Waals surface area contributed by atoms with E-state index in [1.54, 1.807) is 30.6 Å². The lowest BCUT2D eigenvalue weighted by molar-refractivity contribution is -0.396. The summed E-state index contributed by atoms with van der Waals surface area (Å²) in [6.07, 6.45) is -0.888. The smallest absolute Gasteiger partial charge is 0.416 e. The quantitative estimate of drug-likeness (QED) is 0.430. The summed E-state index contributed by atoms with van der Waals surface area (Å²) >= 11 is 0. The van der Waals surface area contributed by atoms with Crippen molar-refractivity contribution >= 4 is 22.6 Å². The van der Waals surface area contributed by atoms with Crippen molar-refractivity contribution in [2.75, 3.05) is 11.9 Å². The molecular weight excluding hydrogens is 454 g/mol. The highest BCUT2D eigenvalue weighted by atomic mass is 19.4. The van der Waals surface area contributed by atoms with Crippen LogP contribution in [0.5, 0.6) is 11.6 Å². The number of aromatic nitrogens is 3. The van der Waals surface area contributed by atoms with Crippen LogP contribution in [0.3, 0.4) is 0 Å². The van der Waals surface area contributed by atoms with Gasteiger partial charge in [-0.05, 0) is 48.9 Å². The summed E-state index contributed by atoms with van der Waals surface area (Å²) in [4.78, 5) is 20.0. The number of H-pyrrole nitrogens is 1. The van der Waals surface area contributed by atoms with Crippen LogP contribution in [0.4, 0.5) is 28.0 Å². The summed E-state index contributed by atoms with van der Waals surface area (Å²) in [6, 6.07) is 7.73. The summed E-state index contributed by atoms with van der Waals surface area (Å²) in [5.74, 6) is 0.140. The van der Waals surface area contributed by atoms with Crippen LogP contribution in [0.25, 0.3) is 10.9 Å². The summed E-state index contributed by atoms with van der Waals surface area (Å²) in [5.41, 5.74) is 0.748. The van der Waals surface area contributed by atoms with Crippen LogP contribution in [0.2, 0.25) is 0 Å². The Morgan fingerprint density at radius 1 is 1.18 bits per heavy atom. The maximum Gasteiger partial charge on any atom is 0.416 e. The minimum Gasteiger partial charge on any atom is -0.423 e. The molecule has 174 valence electrons. The number of anilines is 1. The molecule has 11 heteroatoms. The number of nitrogens with zero attached hydrogens (tertiary/aromatic N) is 2. The molecular formula is C23H18F4N5O2+. The van der Waals surface area contributed by atoms with Crippen molar-refractivity contribution in [1.29, 1.82) is 0 Å². The average Bonchev–Trinajstić information content (AvgIpc) is 3.23. The predicted molar refractivity (Wildman–Crippen MR) is 114 cm³/mol. The highest BCUT2D eigenvalue weighted by Crippen LogP contribution is 2.32. The minimum atomic E-state index is -4.66. The van der Waals surface area contributed by atoms with Gasteiger partial charge in [0.1, 0.15) is 11.6 Å². The molecule has 1 amide bonds. The predicted octanol–water partition coefficient (Wildman–Crippen LogP) is 4.53. The highest BCUT2D eigenvalue weighted by molar-refractivity contribution is 5.98. The first-order chi connectivity index (χ1) is 16.3. The lowest BCUT2D eigenvalue weighted by atomic mass is 10.1. The number of amides is 1. The molecule has 3 N–H and O–H groups in total. The molecule has 0 saturated heterocycles. The Labute approximate surface area is 190 Å². The van der Waals surface area contributed by atoms with Crippen LogP contribution in [-0.4, -0.2) is 22.1 Å². The van der Waals surface area contributed by atoms with Crippen molar-refractivity contribution in [2.45, 2.75) is 19.1 Å². The van der Waals surface area contributed by atoms with Crippen LogP contribution in [0.15, 0.2) is 55.0 Å². The van der Waals surface area contributed by atoms with Crippen molar-refractivity contribution in [3.8, 4) is 11.6 Å². The maximum absolute atomic E-state index is 14.0. The summed E-state index contributed by atoms with van der Waals surface area (Å²) in [6.45, 7) is 1.47. The second-order valence-corrected chi connectivity index (χ2v) is 7.71. The lowest BCUT2D eigenvalue weighted by Crippen LogP contribution is -2.27. The first-order valence-corrected chi connectivity index (χ1v) is 10.4. The van der Waals surface area contributed by atoms with E-state index in [2.05, 4.69) is 20.6 Å². The Kier molecular flexibility index (Phi) is 5.40. The Morgan fingerprint density at radius 2 is 2.03 bits per heavy atom. The number of alkyl halides is 3. The molecule has 1 aliphatic heterocycles. The zero-order valence-electron chi connectivity index (χ0n) is 17.5. The third-order valence-electron chi connectivity index (χ3n) is 5.52. The van der Waals surface area contributed by atoms with E-state index in [-0.39, 0.29) is 0 Å². The number of carbonyl (C=O) groups excluding carboxylic acids is 1. The van der Waals surface area contributed by atoms with Gasteiger partial charge in [-0.25, -0.2) is 14.2 Å². The summed E-state index contributed by atoms with van der Waals surface area (Å²) in [7, 11) is 0. The molecule has 1 aliphatic rings. The molecule has 3 heterocycles. The Hall–Kier alpha value is -3.99. The van der Waals surface area contributed by atoms with Crippen LogP contribution in [-0.2, 0) is 19.1 Å². The first kappa shape index (κ1) is 21.8. The van der Waals surface area contributed by atoms with E-state index in [1.165, 1.54) is 10.8 Å². The Balaban J connectivity index is 1.39. The van der Waals surface area contributed by atoms with Gasteiger partial charge in [0, 0.05) is 18.1 Å². The van der Waals surface area contributed by atoms with Gasteiger partial charge in [-0.15, -0.1) is 0 Å². The zero-order chi connectivity index (χ0) is 23.9. The first-order valence-electron chi connectivity index (χ1n) is 10.4. The number of carbonyl (C=O) groups is 1. The molecule has 0 radical (unpaired) electrons. The molecule has 0 saturated carbocycles.